The molecule has 0 saturated carbocycles. The van der Waals surface area contributed by atoms with E-state index in [4.69, 9.17) is 9.56 Å². The maximum atomic E-state index is 14.6. The number of halogens is 2. The van der Waals surface area contributed by atoms with E-state index in [2.05, 4.69) is 0 Å². The highest BCUT2D eigenvalue weighted by Gasteiger charge is 2.17. The van der Waals surface area contributed by atoms with Crippen LogP contribution in [0.3, 0.4) is 0 Å². The first-order chi connectivity index (χ1) is 12.2. The molecule has 1 heterocycles. The molecule has 0 saturated heterocycles. The summed E-state index contributed by atoms with van der Waals surface area (Å²) >= 11 is 0. The molecule has 0 atom stereocenters. The van der Waals surface area contributed by atoms with Crippen LogP contribution in [0.2, 0.25) is 0 Å². The van der Waals surface area contributed by atoms with Gasteiger partial charge in [0.25, 0.3) is 10.2 Å². The Bertz CT molecular complexity index is 1170. The minimum Gasteiger partial charge on any atom is -0.422 e. The fourth-order valence-electron chi connectivity index (χ4n) is 2.70. The lowest BCUT2D eigenvalue weighted by molar-refractivity contribution is 0.547. The van der Waals surface area contributed by atoms with Gasteiger partial charge in [-0.15, -0.1) is 0 Å². The molecule has 136 valence electrons. The zero-order valence-corrected chi connectivity index (χ0v) is 14.4. The molecule has 0 bridgehead atoms. The van der Waals surface area contributed by atoms with Crippen LogP contribution in [0.4, 0.5) is 14.5 Å². The van der Waals surface area contributed by atoms with Crippen LogP contribution in [-0.2, 0) is 16.6 Å². The van der Waals surface area contributed by atoms with E-state index in [1.807, 2.05) is 4.72 Å². The van der Waals surface area contributed by atoms with Crippen LogP contribution in [0.25, 0.3) is 11.0 Å². The average molecular weight is 380 g/mol. The summed E-state index contributed by atoms with van der Waals surface area (Å²) in [4.78, 5) is 12.3. The second-order valence-electron chi connectivity index (χ2n) is 5.74. The third kappa shape index (κ3) is 3.58. The molecule has 0 amide bonds. The number of benzene rings is 2. The molecule has 2 aromatic carbocycles. The molecule has 26 heavy (non-hydrogen) atoms. The number of aryl methyl sites for hydroxylation is 1. The van der Waals surface area contributed by atoms with Crippen LogP contribution >= 0.6 is 0 Å². The van der Waals surface area contributed by atoms with Crippen molar-refractivity contribution in [1.82, 2.24) is 0 Å². The third-order valence-electron chi connectivity index (χ3n) is 3.95. The van der Waals surface area contributed by atoms with E-state index in [0.717, 1.165) is 0 Å². The van der Waals surface area contributed by atoms with Crippen molar-refractivity contribution in [2.75, 3.05) is 4.72 Å². The normalized spacial score (nSPS) is 11.7. The molecule has 3 aromatic rings. The van der Waals surface area contributed by atoms with Gasteiger partial charge in [0.1, 0.15) is 11.4 Å². The van der Waals surface area contributed by atoms with Crippen LogP contribution < -0.4 is 15.5 Å². The standard InChI is InChI=1S/C17H14F2N2O4S/c1-9-12-8-11(18)5-6-15(12)25-17(22)13(9)7-10-3-2-4-14(16(10)19)21-26(20,23)24/h2-6,8,21H,7H2,1H3,(H2,20,23,24). The zero-order chi connectivity index (χ0) is 19.1. The highest BCUT2D eigenvalue weighted by Crippen LogP contribution is 2.25. The Hall–Kier alpha value is -2.78. The van der Waals surface area contributed by atoms with Crippen molar-refractivity contribution in [2.45, 2.75) is 13.3 Å². The van der Waals surface area contributed by atoms with Gasteiger partial charge < -0.3 is 4.42 Å². The number of hydrogen-bond acceptors (Lipinski definition) is 4. The number of anilines is 1. The summed E-state index contributed by atoms with van der Waals surface area (Å²) in [6.45, 7) is 1.61. The Morgan fingerprint density at radius 3 is 2.62 bits per heavy atom. The van der Waals surface area contributed by atoms with E-state index in [1.54, 1.807) is 6.92 Å². The Balaban J connectivity index is 2.10. The molecule has 0 radical (unpaired) electrons. The van der Waals surface area contributed by atoms with Crippen molar-refractivity contribution in [1.29, 1.82) is 0 Å². The number of fused-ring (bicyclic) bond motifs is 1. The lowest BCUT2D eigenvalue weighted by atomic mass is 9.99. The van der Waals surface area contributed by atoms with Gasteiger partial charge in [0.2, 0.25) is 0 Å². The van der Waals surface area contributed by atoms with Gasteiger partial charge in [-0.2, -0.15) is 8.42 Å². The average Bonchev–Trinajstić information content (AvgIpc) is 2.54. The van der Waals surface area contributed by atoms with E-state index in [9.17, 15) is 22.0 Å². The molecule has 0 aliphatic heterocycles. The van der Waals surface area contributed by atoms with Crippen molar-refractivity contribution in [3.8, 4) is 0 Å². The topological polar surface area (TPSA) is 102 Å². The van der Waals surface area contributed by atoms with Crippen LogP contribution in [-0.4, -0.2) is 8.42 Å². The van der Waals surface area contributed by atoms with Gasteiger partial charge in [-0.1, -0.05) is 12.1 Å². The zero-order valence-electron chi connectivity index (χ0n) is 13.5. The number of nitrogens with two attached hydrogens (primary N) is 1. The van der Waals surface area contributed by atoms with E-state index in [-0.39, 0.29) is 28.8 Å². The quantitative estimate of drug-likeness (QED) is 0.679. The minimum absolute atomic E-state index is 0.0600. The summed E-state index contributed by atoms with van der Waals surface area (Å²) in [5, 5.41) is 5.26. The minimum atomic E-state index is -4.15. The van der Waals surface area contributed by atoms with Gasteiger partial charge in [0, 0.05) is 17.4 Å². The summed E-state index contributed by atoms with van der Waals surface area (Å²) in [5.41, 5.74) is -0.119. The SMILES string of the molecule is Cc1c(Cc2cccc(NS(N)(=O)=O)c2F)c(=O)oc2ccc(F)cc12. The number of hydrogen-bond donors (Lipinski definition) is 2. The molecular formula is C17H14F2N2O4S. The van der Waals surface area contributed by atoms with Crippen molar-refractivity contribution in [2.24, 2.45) is 5.14 Å². The smallest absolute Gasteiger partial charge is 0.340 e. The summed E-state index contributed by atoms with van der Waals surface area (Å²) in [6.07, 6.45) is -0.160. The fourth-order valence-corrected chi connectivity index (χ4v) is 3.17. The first kappa shape index (κ1) is 18.0. The molecule has 0 fully saturated rings. The van der Waals surface area contributed by atoms with Crippen LogP contribution in [0.15, 0.2) is 45.6 Å². The third-order valence-corrected chi connectivity index (χ3v) is 4.45. The summed E-state index contributed by atoms with van der Waals surface area (Å²) in [6, 6.07) is 7.77. The summed E-state index contributed by atoms with van der Waals surface area (Å²) in [7, 11) is -4.15. The molecule has 0 aliphatic rings. The van der Waals surface area contributed by atoms with Gasteiger partial charge in [-0.05, 0) is 42.3 Å². The van der Waals surface area contributed by atoms with Gasteiger partial charge in [0.05, 0.1) is 5.69 Å². The Labute approximate surface area is 147 Å². The first-order valence-electron chi connectivity index (χ1n) is 7.45. The predicted molar refractivity (Wildman–Crippen MR) is 93.1 cm³/mol. The monoisotopic (exact) mass is 380 g/mol. The Morgan fingerprint density at radius 2 is 1.92 bits per heavy atom. The first-order valence-corrected chi connectivity index (χ1v) is 9.00. The molecule has 1 aromatic heterocycles. The maximum Gasteiger partial charge on any atom is 0.340 e. The van der Waals surface area contributed by atoms with Gasteiger partial charge >= 0.3 is 5.63 Å². The van der Waals surface area contributed by atoms with Gasteiger partial charge in [-0.3, -0.25) is 4.72 Å². The van der Waals surface area contributed by atoms with Crippen molar-refractivity contribution in [3.05, 3.63) is 75.1 Å². The molecule has 6 nitrogen and oxygen atoms in total. The molecule has 3 rings (SSSR count). The van der Waals surface area contributed by atoms with Crippen LogP contribution in [0, 0.1) is 18.6 Å². The summed E-state index contributed by atoms with van der Waals surface area (Å²) in [5.74, 6) is -1.36. The van der Waals surface area contributed by atoms with Gasteiger partial charge in [0.15, 0.2) is 5.82 Å². The maximum absolute atomic E-state index is 14.6. The largest absolute Gasteiger partial charge is 0.422 e. The van der Waals surface area contributed by atoms with E-state index in [0.29, 0.717) is 10.9 Å². The molecule has 0 aliphatic carbocycles. The number of rotatable bonds is 4. The van der Waals surface area contributed by atoms with Crippen molar-refractivity contribution in [3.63, 3.8) is 0 Å². The van der Waals surface area contributed by atoms with Crippen molar-refractivity contribution >= 4 is 26.9 Å². The van der Waals surface area contributed by atoms with Crippen LogP contribution in [0.1, 0.15) is 16.7 Å². The van der Waals surface area contributed by atoms with E-state index < -0.39 is 27.5 Å². The lowest BCUT2D eigenvalue weighted by Gasteiger charge is -2.11. The predicted octanol–water partition coefficient (Wildman–Crippen LogP) is 2.59. The molecular weight excluding hydrogens is 366 g/mol. The molecule has 3 N–H and O–H groups in total. The van der Waals surface area contributed by atoms with Crippen molar-refractivity contribution < 1.29 is 21.6 Å². The van der Waals surface area contributed by atoms with E-state index in [1.165, 1.54) is 36.4 Å². The Morgan fingerprint density at radius 1 is 1.19 bits per heavy atom. The lowest BCUT2D eigenvalue weighted by Crippen LogP contribution is -2.22. The second-order valence-corrected chi connectivity index (χ2v) is 7.03. The highest BCUT2D eigenvalue weighted by molar-refractivity contribution is 7.90. The molecule has 0 spiro atoms. The molecule has 0 unspecified atom stereocenters. The highest BCUT2D eigenvalue weighted by atomic mass is 32.2. The number of nitrogens with one attached hydrogen (secondary N) is 1. The van der Waals surface area contributed by atoms with Crippen LogP contribution in [0.5, 0.6) is 0 Å². The summed E-state index contributed by atoms with van der Waals surface area (Å²) < 4.78 is 57.3. The fraction of sp³-hybridized carbons (Fsp3) is 0.118. The van der Waals surface area contributed by atoms with Gasteiger partial charge in [-0.25, -0.2) is 18.7 Å². The van der Waals surface area contributed by atoms with E-state index >= 15 is 0 Å². The second kappa shape index (κ2) is 6.50. The molecule has 9 heteroatoms. The Kier molecular flexibility index (Phi) is 4.51.